The molecule has 0 amide bonds. The fourth-order valence-corrected chi connectivity index (χ4v) is 1.72. The maximum Gasteiger partial charge on any atom is 0.346 e. The lowest BCUT2D eigenvalue weighted by molar-refractivity contribution is 0.467. The molecule has 0 aliphatic heterocycles. The monoisotopic (exact) mass is 207 g/mol. The number of hydrogen-bond acceptors (Lipinski definition) is 4. The third-order valence-corrected chi connectivity index (χ3v) is 2.67. The summed E-state index contributed by atoms with van der Waals surface area (Å²) in [6, 6.07) is 5.59. The van der Waals surface area contributed by atoms with Gasteiger partial charge in [0.15, 0.2) is 5.89 Å². The van der Waals surface area contributed by atoms with Crippen LogP contribution >= 0.6 is 11.8 Å². The first-order valence-electron chi connectivity index (χ1n) is 4.16. The highest BCUT2D eigenvalue weighted by Crippen LogP contribution is 2.18. The van der Waals surface area contributed by atoms with Crippen LogP contribution in [0.2, 0.25) is 0 Å². The van der Waals surface area contributed by atoms with E-state index in [1.165, 1.54) is 0 Å². The van der Waals surface area contributed by atoms with Crippen molar-refractivity contribution in [2.24, 2.45) is 0 Å². The summed E-state index contributed by atoms with van der Waals surface area (Å²) >= 11 is 1.59. The Kier molecular flexibility index (Phi) is 2.29. The van der Waals surface area contributed by atoms with Crippen LogP contribution in [0.1, 0.15) is 5.89 Å². The van der Waals surface area contributed by atoms with Crippen LogP contribution in [-0.2, 0) is 0 Å². The fourth-order valence-electron chi connectivity index (χ4n) is 1.28. The van der Waals surface area contributed by atoms with Gasteiger partial charge in [-0.15, -0.1) is 11.8 Å². The SMILES string of the molecule is CSc1ccc2nc(C)oc(=O)c2c1. The summed E-state index contributed by atoms with van der Waals surface area (Å²) in [5.41, 5.74) is 0.375. The van der Waals surface area contributed by atoms with Gasteiger partial charge in [-0.2, -0.15) is 0 Å². The molecule has 1 heterocycles. The number of aromatic nitrogens is 1. The summed E-state index contributed by atoms with van der Waals surface area (Å²) < 4.78 is 4.91. The molecule has 0 atom stereocenters. The molecule has 2 aromatic rings. The molecule has 3 nitrogen and oxygen atoms in total. The second kappa shape index (κ2) is 3.46. The molecule has 0 saturated carbocycles. The number of benzene rings is 1. The molecular weight excluding hydrogens is 198 g/mol. The lowest BCUT2D eigenvalue weighted by atomic mass is 10.2. The van der Waals surface area contributed by atoms with Crippen molar-refractivity contribution in [1.29, 1.82) is 0 Å². The van der Waals surface area contributed by atoms with E-state index in [9.17, 15) is 4.79 Å². The Morgan fingerprint density at radius 2 is 2.21 bits per heavy atom. The third-order valence-electron chi connectivity index (χ3n) is 1.94. The Morgan fingerprint density at radius 1 is 1.43 bits per heavy atom. The van der Waals surface area contributed by atoms with Crippen LogP contribution < -0.4 is 5.63 Å². The van der Waals surface area contributed by atoms with Crippen LogP contribution in [0.3, 0.4) is 0 Å². The summed E-state index contributed by atoms with van der Waals surface area (Å²) in [6.45, 7) is 1.67. The van der Waals surface area contributed by atoms with Crippen molar-refractivity contribution in [3.63, 3.8) is 0 Å². The lowest BCUT2D eigenvalue weighted by Crippen LogP contribution is -2.02. The molecule has 0 saturated heterocycles. The van der Waals surface area contributed by atoms with Gasteiger partial charge in [0.2, 0.25) is 0 Å². The number of rotatable bonds is 1. The number of nitrogens with zero attached hydrogens (tertiary/aromatic N) is 1. The average molecular weight is 207 g/mol. The minimum absolute atomic E-state index is 0.316. The van der Waals surface area contributed by atoms with Gasteiger partial charge in [-0.05, 0) is 24.5 Å². The van der Waals surface area contributed by atoms with Crippen molar-refractivity contribution >= 4 is 22.7 Å². The fraction of sp³-hybridized carbons (Fsp3) is 0.200. The highest BCUT2D eigenvalue weighted by molar-refractivity contribution is 7.98. The van der Waals surface area contributed by atoms with Gasteiger partial charge in [0, 0.05) is 11.8 Å². The van der Waals surface area contributed by atoms with E-state index in [0.29, 0.717) is 16.8 Å². The summed E-state index contributed by atoms with van der Waals surface area (Å²) in [6.07, 6.45) is 1.96. The van der Waals surface area contributed by atoms with Gasteiger partial charge in [0.05, 0.1) is 10.9 Å². The van der Waals surface area contributed by atoms with E-state index in [-0.39, 0.29) is 5.63 Å². The normalized spacial score (nSPS) is 10.7. The quantitative estimate of drug-likeness (QED) is 0.672. The molecule has 0 aliphatic carbocycles. The van der Waals surface area contributed by atoms with Crippen molar-refractivity contribution in [3.05, 3.63) is 34.5 Å². The van der Waals surface area contributed by atoms with Crippen LogP contribution in [0.4, 0.5) is 0 Å². The predicted molar refractivity (Wildman–Crippen MR) is 56.8 cm³/mol. The summed E-state index contributed by atoms with van der Waals surface area (Å²) in [5.74, 6) is 0.402. The first-order chi connectivity index (χ1) is 6.70. The average Bonchev–Trinajstić information content (AvgIpc) is 2.17. The molecule has 0 fully saturated rings. The highest BCUT2D eigenvalue weighted by atomic mass is 32.2. The van der Waals surface area contributed by atoms with Crippen molar-refractivity contribution in [2.45, 2.75) is 11.8 Å². The molecule has 0 unspecified atom stereocenters. The van der Waals surface area contributed by atoms with Gasteiger partial charge >= 0.3 is 5.63 Å². The smallest absolute Gasteiger partial charge is 0.346 e. The standard InChI is InChI=1S/C10H9NO2S/c1-6-11-9-4-3-7(14-2)5-8(9)10(12)13-6/h3-5H,1-2H3. The predicted octanol–water partition coefficient (Wildman–Crippen LogP) is 2.22. The van der Waals surface area contributed by atoms with E-state index in [2.05, 4.69) is 4.98 Å². The third kappa shape index (κ3) is 1.53. The summed E-state index contributed by atoms with van der Waals surface area (Å²) in [4.78, 5) is 16.6. The number of thioether (sulfide) groups is 1. The number of aryl methyl sites for hydroxylation is 1. The molecule has 1 aromatic carbocycles. The first kappa shape index (κ1) is 9.27. The number of hydrogen-bond donors (Lipinski definition) is 0. The number of fused-ring (bicyclic) bond motifs is 1. The van der Waals surface area contributed by atoms with Gasteiger partial charge in [-0.1, -0.05) is 0 Å². The molecular formula is C10H9NO2S. The van der Waals surface area contributed by atoms with Crippen LogP contribution in [0.15, 0.2) is 32.3 Å². The maximum atomic E-state index is 11.5. The Bertz CT molecular complexity index is 533. The molecule has 0 aliphatic rings. The van der Waals surface area contributed by atoms with Crippen molar-refractivity contribution in [3.8, 4) is 0 Å². The Balaban J connectivity index is 2.82. The Morgan fingerprint density at radius 3 is 2.93 bits per heavy atom. The van der Waals surface area contributed by atoms with E-state index >= 15 is 0 Å². The molecule has 0 N–H and O–H groups in total. The maximum absolute atomic E-state index is 11.5. The van der Waals surface area contributed by atoms with Gasteiger partial charge in [-0.25, -0.2) is 9.78 Å². The minimum Gasteiger partial charge on any atom is -0.408 e. The van der Waals surface area contributed by atoms with Crippen LogP contribution in [0, 0.1) is 6.92 Å². The molecule has 1 aromatic heterocycles. The first-order valence-corrected chi connectivity index (χ1v) is 5.38. The van der Waals surface area contributed by atoms with E-state index in [1.807, 2.05) is 18.4 Å². The molecule has 14 heavy (non-hydrogen) atoms. The van der Waals surface area contributed by atoms with Gasteiger partial charge in [0.25, 0.3) is 0 Å². The van der Waals surface area contributed by atoms with E-state index in [1.54, 1.807) is 24.8 Å². The van der Waals surface area contributed by atoms with Crippen LogP contribution in [0.5, 0.6) is 0 Å². The van der Waals surface area contributed by atoms with E-state index in [0.717, 1.165) is 4.90 Å². The van der Waals surface area contributed by atoms with E-state index in [4.69, 9.17) is 4.42 Å². The Labute approximate surface area is 85.2 Å². The zero-order chi connectivity index (χ0) is 10.1. The zero-order valence-electron chi connectivity index (χ0n) is 7.90. The van der Waals surface area contributed by atoms with E-state index < -0.39 is 0 Å². The van der Waals surface area contributed by atoms with Gasteiger partial charge in [0.1, 0.15) is 0 Å². The van der Waals surface area contributed by atoms with Crippen LogP contribution in [-0.4, -0.2) is 11.2 Å². The second-order valence-electron chi connectivity index (χ2n) is 2.90. The van der Waals surface area contributed by atoms with Crippen LogP contribution in [0.25, 0.3) is 10.9 Å². The summed E-state index contributed by atoms with van der Waals surface area (Å²) in [7, 11) is 0. The van der Waals surface area contributed by atoms with Crippen molar-refractivity contribution in [1.82, 2.24) is 4.98 Å². The minimum atomic E-state index is -0.316. The second-order valence-corrected chi connectivity index (χ2v) is 3.78. The molecule has 0 spiro atoms. The topological polar surface area (TPSA) is 43.1 Å². The van der Waals surface area contributed by atoms with Gasteiger partial charge < -0.3 is 4.42 Å². The molecule has 72 valence electrons. The molecule has 4 heteroatoms. The van der Waals surface area contributed by atoms with Crippen molar-refractivity contribution in [2.75, 3.05) is 6.26 Å². The highest BCUT2D eigenvalue weighted by Gasteiger charge is 2.03. The lowest BCUT2D eigenvalue weighted by Gasteiger charge is -1.99. The van der Waals surface area contributed by atoms with Crippen molar-refractivity contribution < 1.29 is 4.42 Å². The Hall–Kier alpha value is -1.29. The zero-order valence-corrected chi connectivity index (χ0v) is 8.72. The largest absolute Gasteiger partial charge is 0.408 e. The molecule has 0 radical (unpaired) electrons. The summed E-state index contributed by atoms with van der Waals surface area (Å²) in [5, 5.41) is 0.544. The molecule has 0 bridgehead atoms. The van der Waals surface area contributed by atoms with Gasteiger partial charge in [-0.3, -0.25) is 0 Å². The molecule has 2 rings (SSSR count).